The van der Waals surface area contributed by atoms with Crippen molar-refractivity contribution in [3.05, 3.63) is 36.5 Å². The Hall–Kier alpha value is -1.64. The van der Waals surface area contributed by atoms with Crippen LogP contribution < -0.4 is 0 Å². The van der Waals surface area contributed by atoms with Gasteiger partial charge in [-0.05, 0) is 25.3 Å². The third kappa shape index (κ3) is 10.6. The topological polar surface area (TPSA) is 38.7 Å². The Morgan fingerprint density at radius 2 is 2.12 bits per heavy atom. The summed E-state index contributed by atoms with van der Waals surface area (Å²) in [5.41, 5.74) is 2.14. The van der Waals surface area contributed by atoms with Gasteiger partial charge in [0.1, 0.15) is 6.61 Å². The molecule has 0 saturated heterocycles. The van der Waals surface area contributed by atoms with Crippen LogP contribution in [0.25, 0.3) is 0 Å². The second kappa shape index (κ2) is 9.58. The van der Waals surface area contributed by atoms with Crippen molar-refractivity contribution >= 4 is 12.2 Å². The van der Waals surface area contributed by atoms with E-state index in [1.165, 1.54) is 6.92 Å². The maximum atomic E-state index is 10.5. The molecule has 0 rings (SSSR count). The third-order valence-corrected chi connectivity index (χ3v) is 2.04. The number of ether oxygens (including phenoxy) is 1. The predicted molar refractivity (Wildman–Crippen MR) is 72.3 cm³/mol. The largest absolute Gasteiger partial charge is 0.464 e. The Balaban J connectivity index is 3.75. The van der Waals surface area contributed by atoms with E-state index < -0.39 is 0 Å². The normalized spacial score (nSPS) is 11.5. The lowest BCUT2D eigenvalue weighted by Crippen LogP contribution is -2.03. The van der Waals surface area contributed by atoms with Gasteiger partial charge in [-0.2, -0.15) is 0 Å². The van der Waals surface area contributed by atoms with E-state index in [2.05, 4.69) is 24.2 Å². The maximum Gasteiger partial charge on any atom is 0.302 e. The number of allylic oxidation sites excluding steroid dienone is 4. The SMILES string of the molecule is C=CC(=C)CCC=C(C)C=NCCOC(C)=O. The van der Waals surface area contributed by atoms with Gasteiger partial charge >= 0.3 is 5.97 Å². The van der Waals surface area contributed by atoms with Crippen LogP contribution in [0, 0.1) is 0 Å². The van der Waals surface area contributed by atoms with Crippen molar-refractivity contribution in [1.82, 2.24) is 0 Å². The number of nitrogens with zero attached hydrogens (tertiary/aromatic N) is 1. The van der Waals surface area contributed by atoms with Crippen LogP contribution in [0.1, 0.15) is 26.7 Å². The molecule has 17 heavy (non-hydrogen) atoms. The summed E-state index contributed by atoms with van der Waals surface area (Å²) in [6.07, 6.45) is 7.52. The van der Waals surface area contributed by atoms with Crippen molar-refractivity contribution in [1.29, 1.82) is 0 Å². The summed E-state index contributed by atoms with van der Waals surface area (Å²) >= 11 is 0. The van der Waals surface area contributed by atoms with E-state index in [0.717, 1.165) is 24.0 Å². The average Bonchev–Trinajstić information content (AvgIpc) is 2.27. The van der Waals surface area contributed by atoms with Gasteiger partial charge in [0.15, 0.2) is 0 Å². The number of carbonyl (C=O) groups excluding carboxylic acids is 1. The van der Waals surface area contributed by atoms with Crippen molar-refractivity contribution in [3.8, 4) is 0 Å². The molecule has 0 aliphatic heterocycles. The zero-order valence-electron chi connectivity index (χ0n) is 10.7. The molecule has 0 aliphatic rings. The molecule has 0 saturated carbocycles. The Kier molecular flexibility index (Phi) is 8.65. The molecule has 94 valence electrons. The molecule has 0 aromatic carbocycles. The first-order valence-corrected chi connectivity index (χ1v) is 5.66. The fourth-order valence-corrected chi connectivity index (χ4v) is 1.09. The molecule has 3 nitrogen and oxygen atoms in total. The monoisotopic (exact) mass is 235 g/mol. The predicted octanol–water partition coefficient (Wildman–Crippen LogP) is 3.09. The molecular formula is C14H21NO2. The van der Waals surface area contributed by atoms with Gasteiger partial charge in [0.05, 0.1) is 6.54 Å². The molecule has 0 unspecified atom stereocenters. The lowest BCUT2D eigenvalue weighted by atomic mass is 10.1. The van der Waals surface area contributed by atoms with Crippen LogP contribution in [0.5, 0.6) is 0 Å². The molecule has 0 fully saturated rings. The molecule has 0 spiro atoms. The van der Waals surface area contributed by atoms with Crippen LogP contribution in [0.4, 0.5) is 0 Å². The van der Waals surface area contributed by atoms with Crippen LogP contribution in [0.2, 0.25) is 0 Å². The molecule has 0 heterocycles. The van der Waals surface area contributed by atoms with Crippen LogP contribution in [-0.2, 0) is 9.53 Å². The highest BCUT2D eigenvalue weighted by Crippen LogP contribution is 2.05. The first-order chi connectivity index (χ1) is 8.06. The fraction of sp³-hybridized carbons (Fsp3) is 0.429. The quantitative estimate of drug-likeness (QED) is 0.281. The summed E-state index contributed by atoms with van der Waals surface area (Å²) < 4.78 is 4.76. The highest BCUT2D eigenvalue weighted by atomic mass is 16.5. The number of aliphatic imine (C=N–C) groups is 1. The van der Waals surface area contributed by atoms with Gasteiger partial charge in [-0.25, -0.2) is 0 Å². The zero-order valence-corrected chi connectivity index (χ0v) is 10.7. The molecule has 0 radical (unpaired) electrons. The Morgan fingerprint density at radius 1 is 1.41 bits per heavy atom. The minimum absolute atomic E-state index is 0.268. The van der Waals surface area contributed by atoms with Gasteiger partial charge < -0.3 is 4.74 Å². The number of hydrogen-bond acceptors (Lipinski definition) is 3. The van der Waals surface area contributed by atoms with Gasteiger partial charge in [-0.1, -0.05) is 30.9 Å². The summed E-state index contributed by atoms with van der Waals surface area (Å²) in [5.74, 6) is -0.268. The minimum atomic E-state index is -0.268. The van der Waals surface area contributed by atoms with E-state index in [1.54, 1.807) is 12.3 Å². The van der Waals surface area contributed by atoms with E-state index >= 15 is 0 Å². The summed E-state index contributed by atoms with van der Waals surface area (Å²) in [6, 6.07) is 0. The molecular weight excluding hydrogens is 214 g/mol. The van der Waals surface area contributed by atoms with E-state index in [-0.39, 0.29) is 5.97 Å². The molecule has 0 aromatic heterocycles. The zero-order chi connectivity index (χ0) is 13.1. The third-order valence-electron chi connectivity index (χ3n) is 2.04. The van der Waals surface area contributed by atoms with Crippen molar-refractivity contribution < 1.29 is 9.53 Å². The number of carbonyl (C=O) groups is 1. The maximum absolute atomic E-state index is 10.5. The molecule has 0 N–H and O–H groups in total. The van der Waals surface area contributed by atoms with E-state index in [9.17, 15) is 4.79 Å². The second-order valence-corrected chi connectivity index (χ2v) is 3.72. The van der Waals surface area contributed by atoms with E-state index in [0.29, 0.717) is 13.2 Å². The van der Waals surface area contributed by atoms with Gasteiger partial charge in [0, 0.05) is 13.1 Å². The Morgan fingerprint density at radius 3 is 2.71 bits per heavy atom. The van der Waals surface area contributed by atoms with Gasteiger partial charge in [-0.3, -0.25) is 9.79 Å². The first kappa shape index (κ1) is 15.4. The van der Waals surface area contributed by atoms with Crippen LogP contribution in [0.15, 0.2) is 41.4 Å². The standard InChI is InChI=1S/C14H21NO2/c1-5-12(2)7-6-8-13(3)11-15-9-10-17-14(4)16/h5,8,11H,1-2,6-7,9-10H2,3-4H3. The summed E-state index contributed by atoms with van der Waals surface area (Å²) in [5, 5.41) is 0. The number of rotatable bonds is 8. The van der Waals surface area contributed by atoms with Gasteiger partial charge in [-0.15, -0.1) is 0 Å². The average molecular weight is 235 g/mol. The van der Waals surface area contributed by atoms with Crippen LogP contribution in [0.3, 0.4) is 0 Å². The number of esters is 1. The van der Waals surface area contributed by atoms with Gasteiger partial charge in [0.25, 0.3) is 0 Å². The Labute approximate surface area is 104 Å². The van der Waals surface area contributed by atoms with Crippen LogP contribution >= 0.6 is 0 Å². The Bertz CT molecular complexity index is 327. The van der Waals surface area contributed by atoms with E-state index in [4.69, 9.17) is 4.74 Å². The molecule has 0 bridgehead atoms. The first-order valence-electron chi connectivity index (χ1n) is 5.66. The van der Waals surface area contributed by atoms with Crippen molar-refractivity contribution in [2.24, 2.45) is 4.99 Å². The summed E-state index contributed by atoms with van der Waals surface area (Å²) in [4.78, 5) is 14.6. The fourth-order valence-electron chi connectivity index (χ4n) is 1.09. The molecule has 0 aromatic rings. The smallest absolute Gasteiger partial charge is 0.302 e. The lowest BCUT2D eigenvalue weighted by Gasteiger charge is -1.98. The highest BCUT2D eigenvalue weighted by Gasteiger charge is 1.90. The number of hydrogen-bond donors (Lipinski definition) is 0. The van der Waals surface area contributed by atoms with Gasteiger partial charge in [0.2, 0.25) is 0 Å². The molecule has 0 aliphatic carbocycles. The van der Waals surface area contributed by atoms with Crippen molar-refractivity contribution in [3.63, 3.8) is 0 Å². The molecule has 0 atom stereocenters. The molecule has 3 heteroatoms. The van der Waals surface area contributed by atoms with Crippen LogP contribution in [-0.4, -0.2) is 25.3 Å². The molecule has 0 amide bonds. The highest BCUT2D eigenvalue weighted by molar-refractivity contribution is 5.77. The van der Waals surface area contributed by atoms with E-state index in [1.807, 2.05) is 6.92 Å². The lowest BCUT2D eigenvalue weighted by molar-refractivity contribution is -0.140. The summed E-state index contributed by atoms with van der Waals surface area (Å²) in [7, 11) is 0. The van der Waals surface area contributed by atoms with Crippen molar-refractivity contribution in [2.75, 3.05) is 13.2 Å². The van der Waals surface area contributed by atoms with Crippen molar-refractivity contribution in [2.45, 2.75) is 26.7 Å². The minimum Gasteiger partial charge on any atom is -0.464 e. The second-order valence-electron chi connectivity index (χ2n) is 3.72. The summed E-state index contributed by atoms with van der Waals surface area (Å²) in [6.45, 7) is 11.7.